The average Bonchev–Trinajstić information content (AvgIpc) is 3.11. The highest BCUT2D eigenvalue weighted by Crippen LogP contribution is 2.41. The third-order valence-corrected chi connectivity index (χ3v) is 6.89. The summed E-state index contributed by atoms with van der Waals surface area (Å²) in [4.78, 5) is 0. The minimum Gasteiger partial charge on any atom is -0.135 e. The molecular weight excluding hydrogens is 380 g/mol. The zero-order chi connectivity index (χ0) is 18.7. The maximum atomic E-state index is 6.32. The summed E-state index contributed by atoms with van der Waals surface area (Å²) in [6.45, 7) is 0. The van der Waals surface area contributed by atoms with Crippen molar-refractivity contribution in [1.29, 1.82) is 0 Å². The van der Waals surface area contributed by atoms with Crippen LogP contribution in [0.25, 0.3) is 52.8 Å². The van der Waals surface area contributed by atoms with E-state index >= 15 is 0 Å². The third kappa shape index (κ3) is 2.37. The van der Waals surface area contributed by atoms with Gasteiger partial charge in [-0.15, -0.1) is 11.3 Å². The van der Waals surface area contributed by atoms with Crippen molar-refractivity contribution in [3.8, 4) is 11.1 Å². The molecule has 5 aromatic carbocycles. The summed E-state index contributed by atoms with van der Waals surface area (Å²) in [7, 11) is 0. The van der Waals surface area contributed by atoms with Crippen LogP contribution in [-0.4, -0.2) is 0 Å². The summed E-state index contributed by atoms with van der Waals surface area (Å²) in [6, 6.07) is 32.6. The molecule has 0 saturated carbocycles. The van der Waals surface area contributed by atoms with Crippen LogP contribution in [0.3, 0.4) is 0 Å². The first-order valence-electron chi connectivity index (χ1n) is 9.31. The number of benzene rings is 5. The number of rotatable bonds is 1. The Balaban J connectivity index is 1.71. The zero-order valence-electron chi connectivity index (χ0n) is 14.9. The number of fused-ring (bicyclic) bond motifs is 6. The molecule has 0 saturated heterocycles. The SMILES string of the molecule is Clc1ccc2sc3cccc(-c4ccc5ccc6ccccc6c5c4)c3c2c1. The molecule has 0 amide bonds. The van der Waals surface area contributed by atoms with E-state index in [9.17, 15) is 0 Å². The predicted molar refractivity (Wildman–Crippen MR) is 125 cm³/mol. The predicted octanol–water partition coefficient (Wildman–Crippen LogP) is 8.68. The molecule has 0 aliphatic rings. The van der Waals surface area contributed by atoms with Crippen molar-refractivity contribution < 1.29 is 0 Å². The van der Waals surface area contributed by atoms with Crippen molar-refractivity contribution >= 4 is 64.7 Å². The molecule has 0 fully saturated rings. The van der Waals surface area contributed by atoms with Crippen LogP contribution in [0.4, 0.5) is 0 Å². The highest BCUT2D eigenvalue weighted by atomic mass is 35.5. The molecule has 0 aliphatic carbocycles. The summed E-state index contributed by atoms with van der Waals surface area (Å²) in [5.41, 5.74) is 2.51. The Labute approximate surface area is 171 Å². The van der Waals surface area contributed by atoms with E-state index in [-0.39, 0.29) is 0 Å². The molecule has 0 N–H and O–H groups in total. The molecule has 6 aromatic rings. The highest BCUT2D eigenvalue weighted by molar-refractivity contribution is 7.26. The van der Waals surface area contributed by atoms with Gasteiger partial charge in [0, 0.05) is 25.2 Å². The Morgan fingerprint density at radius 2 is 1.39 bits per heavy atom. The van der Waals surface area contributed by atoms with Gasteiger partial charge in [0.1, 0.15) is 0 Å². The van der Waals surface area contributed by atoms with Crippen molar-refractivity contribution in [3.05, 3.63) is 96.0 Å². The normalized spacial score (nSPS) is 11.8. The van der Waals surface area contributed by atoms with Gasteiger partial charge in [-0.05, 0) is 63.0 Å². The molecule has 6 rings (SSSR count). The van der Waals surface area contributed by atoms with Crippen molar-refractivity contribution in [2.45, 2.75) is 0 Å². The Bertz CT molecular complexity index is 1520. The van der Waals surface area contributed by atoms with Gasteiger partial charge in [0.25, 0.3) is 0 Å². The van der Waals surface area contributed by atoms with E-state index in [1.807, 2.05) is 17.4 Å². The first-order valence-corrected chi connectivity index (χ1v) is 10.5. The minimum atomic E-state index is 0.784. The maximum Gasteiger partial charge on any atom is 0.0413 e. The summed E-state index contributed by atoms with van der Waals surface area (Å²) in [5, 5.41) is 8.46. The molecule has 1 aromatic heterocycles. The van der Waals surface area contributed by atoms with Crippen LogP contribution in [0.15, 0.2) is 91.0 Å². The van der Waals surface area contributed by atoms with Crippen LogP contribution >= 0.6 is 22.9 Å². The van der Waals surface area contributed by atoms with Crippen molar-refractivity contribution in [1.82, 2.24) is 0 Å². The molecule has 0 bridgehead atoms. The van der Waals surface area contributed by atoms with Gasteiger partial charge < -0.3 is 0 Å². The monoisotopic (exact) mass is 394 g/mol. The van der Waals surface area contributed by atoms with E-state index in [1.165, 1.54) is 52.8 Å². The second kappa shape index (κ2) is 6.07. The fraction of sp³-hybridized carbons (Fsp3) is 0. The van der Waals surface area contributed by atoms with Gasteiger partial charge in [0.2, 0.25) is 0 Å². The smallest absolute Gasteiger partial charge is 0.0413 e. The fourth-order valence-electron chi connectivity index (χ4n) is 4.21. The van der Waals surface area contributed by atoms with Crippen molar-refractivity contribution in [2.24, 2.45) is 0 Å². The van der Waals surface area contributed by atoms with Gasteiger partial charge in [-0.3, -0.25) is 0 Å². The quantitative estimate of drug-likeness (QED) is 0.245. The van der Waals surface area contributed by atoms with Crippen LogP contribution in [0.2, 0.25) is 5.02 Å². The highest BCUT2D eigenvalue weighted by Gasteiger charge is 2.12. The largest absolute Gasteiger partial charge is 0.135 e. The lowest BCUT2D eigenvalue weighted by Crippen LogP contribution is -1.82. The molecule has 2 heteroatoms. The van der Waals surface area contributed by atoms with Crippen LogP contribution in [-0.2, 0) is 0 Å². The van der Waals surface area contributed by atoms with Gasteiger partial charge in [-0.25, -0.2) is 0 Å². The first-order chi connectivity index (χ1) is 13.8. The Morgan fingerprint density at radius 1 is 0.571 bits per heavy atom. The molecule has 0 atom stereocenters. The number of thiophene rings is 1. The van der Waals surface area contributed by atoms with Gasteiger partial charge >= 0.3 is 0 Å². The molecule has 0 radical (unpaired) electrons. The third-order valence-electron chi connectivity index (χ3n) is 5.51. The molecule has 0 spiro atoms. The summed E-state index contributed by atoms with van der Waals surface area (Å²) in [6.07, 6.45) is 0. The first kappa shape index (κ1) is 16.1. The second-order valence-corrected chi connectivity index (χ2v) is 8.66. The van der Waals surface area contributed by atoms with Crippen LogP contribution in [0.1, 0.15) is 0 Å². The average molecular weight is 395 g/mol. The van der Waals surface area contributed by atoms with E-state index in [0.717, 1.165) is 5.02 Å². The molecule has 0 aliphatic heterocycles. The number of hydrogen-bond acceptors (Lipinski definition) is 1. The summed E-state index contributed by atoms with van der Waals surface area (Å²) >= 11 is 8.15. The Hall–Kier alpha value is -2.87. The Kier molecular flexibility index (Phi) is 3.49. The van der Waals surface area contributed by atoms with E-state index in [2.05, 4.69) is 84.9 Å². The molecule has 28 heavy (non-hydrogen) atoms. The summed E-state index contributed by atoms with van der Waals surface area (Å²) in [5.74, 6) is 0. The lowest BCUT2D eigenvalue weighted by atomic mass is 9.95. The van der Waals surface area contributed by atoms with Gasteiger partial charge in [0.15, 0.2) is 0 Å². The van der Waals surface area contributed by atoms with Crippen LogP contribution < -0.4 is 0 Å². The molecule has 1 heterocycles. The molecule has 0 unspecified atom stereocenters. The molecule has 0 nitrogen and oxygen atoms in total. The molecular formula is C26H15ClS. The number of hydrogen-bond donors (Lipinski definition) is 0. The van der Waals surface area contributed by atoms with Gasteiger partial charge in [-0.2, -0.15) is 0 Å². The van der Waals surface area contributed by atoms with E-state index < -0.39 is 0 Å². The lowest BCUT2D eigenvalue weighted by molar-refractivity contribution is 1.72. The van der Waals surface area contributed by atoms with Gasteiger partial charge in [-0.1, -0.05) is 72.3 Å². The zero-order valence-corrected chi connectivity index (χ0v) is 16.5. The van der Waals surface area contributed by atoms with Crippen molar-refractivity contribution in [2.75, 3.05) is 0 Å². The van der Waals surface area contributed by atoms with E-state index in [0.29, 0.717) is 0 Å². The number of halogens is 1. The topological polar surface area (TPSA) is 0 Å². The summed E-state index contributed by atoms with van der Waals surface area (Å²) < 4.78 is 2.57. The van der Waals surface area contributed by atoms with Crippen LogP contribution in [0, 0.1) is 0 Å². The lowest BCUT2D eigenvalue weighted by Gasteiger charge is -2.09. The molecule has 132 valence electrons. The fourth-order valence-corrected chi connectivity index (χ4v) is 5.49. The van der Waals surface area contributed by atoms with E-state index in [1.54, 1.807) is 0 Å². The van der Waals surface area contributed by atoms with E-state index in [4.69, 9.17) is 11.6 Å². The second-order valence-electron chi connectivity index (χ2n) is 7.14. The van der Waals surface area contributed by atoms with Crippen molar-refractivity contribution in [3.63, 3.8) is 0 Å². The minimum absolute atomic E-state index is 0.784. The Morgan fingerprint density at radius 3 is 2.32 bits per heavy atom. The standard InChI is InChI=1S/C26H15ClS/c27-19-12-13-24-23(15-19)26-21(6-3-7-25(26)28-24)18-11-10-17-9-8-16-4-1-2-5-20(16)22(17)14-18/h1-15H. The van der Waals surface area contributed by atoms with Gasteiger partial charge in [0.05, 0.1) is 0 Å². The maximum absolute atomic E-state index is 6.32. The van der Waals surface area contributed by atoms with Crippen LogP contribution in [0.5, 0.6) is 0 Å².